The minimum Gasteiger partial charge on any atom is -0.508 e. The number of aliphatic hydroxyl groups excluding tert-OH is 1. The number of benzene rings is 1. The molecule has 1 aliphatic carbocycles. The molecule has 0 aromatic heterocycles. The fraction of sp³-hybridized carbons (Fsp3) is 0.538. The molecule has 0 heterocycles. The molecule has 2 rings (SSSR count). The highest BCUT2D eigenvalue weighted by atomic mass is 16.3. The summed E-state index contributed by atoms with van der Waals surface area (Å²) >= 11 is 0. The van der Waals surface area contributed by atoms with Gasteiger partial charge in [-0.3, -0.25) is 0 Å². The maximum atomic E-state index is 10.0. The van der Waals surface area contributed by atoms with Crippen molar-refractivity contribution >= 4 is 0 Å². The van der Waals surface area contributed by atoms with E-state index in [0.29, 0.717) is 12.5 Å². The minimum absolute atomic E-state index is 0.122. The van der Waals surface area contributed by atoms with Gasteiger partial charge >= 0.3 is 0 Å². The number of hydrogen-bond acceptors (Lipinski definition) is 3. The van der Waals surface area contributed by atoms with E-state index in [-0.39, 0.29) is 17.9 Å². The van der Waals surface area contributed by atoms with E-state index in [2.05, 4.69) is 19.2 Å². The number of rotatable bonds is 2. The van der Waals surface area contributed by atoms with Gasteiger partial charge in [-0.2, -0.15) is 0 Å². The number of nitrogens with one attached hydrogen (secondary N) is 1. The molecule has 0 unspecified atom stereocenters. The number of phenolic OH excluding ortho intramolecular Hbond substituents is 1. The predicted octanol–water partition coefficient (Wildman–Crippen LogP) is 1.22. The average Bonchev–Trinajstić information content (AvgIpc) is 2.19. The van der Waals surface area contributed by atoms with Gasteiger partial charge in [0.2, 0.25) is 0 Å². The Labute approximate surface area is 96.1 Å². The van der Waals surface area contributed by atoms with Crippen molar-refractivity contribution in [3.05, 3.63) is 29.3 Å². The summed E-state index contributed by atoms with van der Waals surface area (Å²) in [6, 6.07) is 5.91. The number of phenols is 1. The summed E-state index contributed by atoms with van der Waals surface area (Å²) in [5.74, 6) is 0.279. The van der Waals surface area contributed by atoms with Crippen LogP contribution in [-0.2, 0) is 12.8 Å². The zero-order chi connectivity index (χ0) is 11.7. The van der Waals surface area contributed by atoms with Crippen molar-refractivity contribution in [2.24, 2.45) is 0 Å². The molecule has 0 aliphatic heterocycles. The lowest BCUT2D eigenvalue weighted by molar-refractivity contribution is 0.115. The predicted molar refractivity (Wildman–Crippen MR) is 63.6 cm³/mol. The first-order chi connectivity index (χ1) is 7.56. The van der Waals surface area contributed by atoms with Gasteiger partial charge in [0.05, 0.1) is 6.10 Å². The third kappa shape index (κ3) is 2.36. The first-order valence-corrected chi connectivity index (χ1v) is 5.81. The molecular formula is C13H19NO2. The van der Waals surface area contributed by atoms with E-state index in [1.54, 1.807) is 12.1 Å². The Bertz CT molecular complexity index is 376. The molecule has 0 saturated heterocycles. The van der Waals surface area contributed by atoms with Gasteiger partial charge in [0.15, 0.2) is 0 Å². The maximum absolute atomic E-state index is 10.0. The Morgan fingerprint density at radius 2 is 2.00 bits per heavy atom. The highest BCUT2D eigenvalue weighted by Crippen LogP contribution is 2.25. The topological polar surface area (TPSA) is 52.5 Å². The van der Waals surface area contributed by atoms with Crippen LogP contribution < -0.4 is 5.32 Å². The number of aromatic hydroxyl groups is 1. The molecular weight excluding hydrogens is 202 g/mol. The Kier molecular flexibility index (Phi) is 3.17. The van der Waals surface area contributed by atoms with Crippen LogP contribution in [0.25, 0.3) is 0 Å². The van der Waals surface area contributed by atoms with Gasteiger partial charge < -0.3 is 15.5 Å². The lowest BCUT2D eigenvalue weighted by Crippen LogP contribution is -2.48. The molecule has 3 heteroatoms. The molecule has 1 aromatic carbocycles. The Balaban J connectivity index is 2.18. The largest absolute Gasteiger partial charge is 0.508 e. The number of aliphatic hydroxyl groups is 1. The van der Waals surface area contributed by atoms with Crippen molar-refractivity contribution in [1.82, 2.24) is 5.32 Å². The first kappa shape index (κ1) is 11.4. The standard InChI is InChI=1S/C13H19NO2/c1-8(2)14-12-6-9-3-4-11(15)5-10(9)7-13(12)16/h3-5,8,12-16H,6-7H2,1-2H3/t12-,13-/m0/s1. The van der Waals surface area contributed by atoms with Crippen LogP contribution in [0.4, 0.5) is 0 Å². The van der Waals surface area contributed by atoms with E-state index in [4.69, 9.17) is 0 Å². The van der Waals surface area contributed by atoms with Crippen LogP contribution in [0.5, 0.6) is 5.75 Å². The van der Waals surface area contributed by atoms with Crippen LogP contribution in [0.2, 0.25) is 0 Å². The lowest BCUT2D eigenvalue weighted by atomic mass is 9.86. The van der Waals surface area contributed by atoms with Crippen LogP contribution in [0.1, 0.15) is 25.0 Å². The molecule has 0 radical (unpaired) electrons. The Hall–Kier alpha value is -1.06. The summed E-state index contributed by atoms with van der Waals surface area (Å²) in [4.78, 5) is 0. The van der Waals surface area contributed by atoms with Gasteiger partial charge in [-0.05, 0) is 29.7 Å². The van der Waals surface area contributed by atoms with Crippen LogP contribution in [0.3, 0.4) is 0 Å². The normalized spacial score (nSPS) is 24.5. The van der Waals surface area contributed by atoms with E-state index in [0.717, 1.165) is 12.0 Å². The quantitative estimate of drug-likeness (QED) is 0.704. The molecule has 0 amide bonds. The Morgan fingerprint density at radius 3 is 2.69 bits per heavy atom. The molecule has 1 aliphatic rings. The molecule has 3 nitrogen and oxygen atoms in total. The average molecular weight is 221 g/mol. The smallest absolute Gasteiger partial charge is 0.115 e. The summed E-state index contributed by atoms with van der Waals surface area (Å²) in [5.41, 5.74) is 2.29. The van der Waals surface area contributed by atoms with Crippen molar-refractivity contribution in [3.63, 3.8) is 0 Å². The van der Waals surface area contributed by atoms with E-state index < -0.39 is 0 Å². The fourth-order valence-electron chi connectivity index (χ4n) is 2.34. The summed E-state index contributed by atoms with van der Waals surface area (Å²) in [6.45, 7) is 4.16. The van der Waals surface area contributed by atoms with Gasteiger partial charge in [0.25, 0.3) is 0 Å². The van der Waals surface area contributed by atoms with Crippen LogP contribution in [-0.4, -0.2) is 28.4 Å². The molecule has 1 aromatic rings. The van der Waals surface area contributed by atoms with Crippen LogP contribution >= 0.6 is 0 Å². The molecule has 3 N–H and O–H groups in total. The first-order valence-electron chi connectivity index (χ1n) is 5.81. The lowest BCUT2D eigenvalue weighted by Gasteiger charge is -2.32. The molecule has 2 atom stereocenters. The molecule has 0 bridgehead atoms. The molecule has 0 spiro atoms. The number of fused-ring (bicyclic) bond motifs is 1. The summed E-state index contributed by atoms with van der Waals surface area (Å²) < 4.78 is 0. The summed E-state index contributed by atoms with van der Waals surface area (Å²) in [6.07, 6.45) is 1.08. The van der Waals surface area contributed by atoms with Crippen molar-refractivity contribution in [3.8, 4) is 5.75 Å². The third-order valence-corrected chi connectivity index (χ3v) is 3.07. The van der Waals surface area contributed by atoms with Gasteiger partial charge in [-0.1, -0.05) is 19.9 Å². The van der Waals surface area contributed by atoms with Crippen molar-refractivity contribution in [2.75, 3.05) is 0 Å². The van der Waals surface area contributed by atoms with Crippen molar-refractivity contribution in [2.45, 2.75) is 44.9 Å². The maximum Gasteiger partial charge on any atom is 0.115 e. The van der Waals surface area contributed by atoms with Crippen LogP contribution in [0, 0.1) is 0 Å². The highest BCUT2D eigenvalue weighted by Gasteiger charge is 2.27. The monoisotopic (exact) mass is 221 g/mol. The van der Waals surface area contributed by atoms with E-state index in [9.17, 15) is 10.2 Å². The van der Waals surface area contributed by atoms with Gasteiger partial charge in [0.1, 0.15) is 5.75 Å². The van der Waals surface area contributed by atoms with Crippen molar-refractivity contribution in [1.29, 1.82) is 0 Å². The molecule has 0 fully saturated rings. The van der Waals surface area contributed by atoms with Gasteiger partial charge in [-0.15, -0.1) is 0 Å². The van der Waals surface area contributed by atoms with Gasteiger partial charge in [0, 0.05) is 18.5 Å². The Morgan fingerprint density at radius 1 is 1.25 bits per heavy atom. The summed E-state index contributed by atoms with van der Waals surface area (Å²) in [5, 5.41) is 22.8. The van der Waals surface area contributed by atoms with Crippen molar-refractivity contribution < 1.29 is 10.2 Å². The second kappa shape index (κ2) is 4.44. The second-order valence-electron chi connectivity index (χ2n) is 4.86. The minimum atomic E-state index is -0.364. The van der Waals surface area contributed by atoms with E-state index in [1.165, 1.54) is 5.56 Å². The highest BCUT2D eigenvalue weighted by molar-refractivity contribution is 5.38. The molecule has 0 saturated carbocycles. The number of hydrogen-bond donors (Lipinski definition) is 3. The molecule has 88 valence electrons. The van der Waals surface area contributed by atoms with E-state index >= 15 is 0 Å². The fourth-order valence-corrected chi connectivity index (χ4v) is 2.34. The van der Waals surface area contributed by atoms with Crippen LogP contribution in [0.15, 0.2) is 18.2 Å². The third-order valence-electron chi connectivity index (χ3n) is 3.07. The van der Waals surface area contributed by atoms with Gasteiger partial charge in [-0.25, -0.2) is 0 Å². The zero-order valence-corrected chi connectivity index (χ0v) is 9.77. The second-order valence-corrected chi connectivity index (χ2v) is 4.86. The zero-order valence-electron chi connectivity index (χ0n) is 9.77. The SMILES string of the molecule is CC(C)N[C@H]1Cc2ccc(O)cc2C[C@@H]1O. The summed E-state index contributed by atoms with van der Waals surface area (Å²) in [7, 11) is 0. The van der Waals surface area contributed by atoms with E-state index in [1.807, 2.05) is 6.07 Å². The molecule has 16 heavy (non-hydrogen) atoms.